The van der Waals surface area contributed by atoms with Crippen LogP contribution in [0, 0.1) is 6.92 Å². The Kier molecular flexibility index (Phi) is 3.85. The van der Waals surface area contributed by atoms with Crippen molar-refractivity contribution in [2.24, 2.45) is 5.73 Å². The number of hydrogen-bond acceptors (Lipinski definition) is 4. The van der Waals surface area contributed by atoms with Gasteiger partial charge in [-0.05, 0) is 37.6 Å². The number of carbonyl (C=O) groups is 1. The Morgan fingerprint density at radius 3 is 2.59 bits per heavy atom. The van der Waals surface area contributed by atoms with Gasteiger partial charge in [-0.25, -0.2) is 4.68 Å². The van der Waals surface area contributed by atoms with Gasteiger partial charge in [-0.1, -0.05) is 6.92 Å². The fourth-order valence-electron chi connectivity index (χ4n) is 2.56. The van der Waals surface area contributed by atoms with Gasteiger partial charge in [-0.15, -0.1) is 0 Å². The SMILES string of the molecule is CCc1nn(-c2ccc(OC3CNC3)cc2)c(C(N)=O)c1C. The Morgan fingerprint density at radius 2 is 2.09 bits per heavy atom. The zero-order valence-corrected chi connectivity index (χ0v) is 12.8. The molecule has 116 valence electrons. The van der Waals surface area contributed by atoms with Crippen molar-refractivity contribution in [3.63, 3.8) is 0 Å². The average Bonchev–Trinajstić information content (AvgIpc) is 2.80. The molecule has 3 N–H and O–H groups in total. The Balaban J connectivity index is 1.91. The maximum atomic E-state index is 11.7. The maximum Gasteiger partial charge on any atom is 0.267 e. The van der Waals surface area contributed by atoms with E-state index in [0.717, 1.165) is 42.2 Å². The largest absolute Gasteiger partial charge is 0.488 e. The van der Waals surface area contributed by atoms with E-state index in [-0.39, 0.29) is 6.10 Å². The van der Waals surface area contributed by atoms with Crippen molar-refractivity contribution < 1.29 is 9.53 Å². The van der Waals surface area contributed by atoms with Crippen LogP contribution in [0.5, 0.6) is 5.75 Å². The number of aromatic nitrogens is 2. The number of nitrogens with two attached hydrogens (primary N) is 1. The molecule has 0 aliphatic carbocycles. The molecule has 3 rings (SSSR count). The number of hydrogen-bond donors (Lipinski definition) is 2. The number of amides is 1. The highest BCUT2D eigenvalue weighted by atomic mass is 16.5. The Labute approximate surface area is 129 Å². The first kappa shape index (κ1) is 14.6. The molecule has 2 heterocycles. The molecule has 22 heavy (non-hydrogen) atoms. The van der Waals surface area contributed by atoms with E-state index in [2.05, 4.69) is 10.4 Å². The molecule has 0 saturated carbocycles. The van der Waals surface area contributed by atoms with E-state index in [1.54, 1.807) is 4.68 Å². The van der Waals surface area contributed by atoms with Gasteiger partial charge in [0.1, 0.15) is 17.5 Å². The van der Waals surface area contributed by atoms with Gasteiger partial charge in [0.25, 0.3) is 5.91 Å². The van der Waals surface area contributed by atoms with Crippen LogP contribution in [0.2, 0.25) is 0 Å². The van der Waals surface area contributed by atoms with Crippen molar-refractivity contribution in [1.82, 2.24) is 15.1 Å². The van der Waals surface area contributed by atoms with Crippen molar-refractivity contribution in [3.8, 4) is 11.4 Å². The molecule has 0 spiro atoms. The van der Waals surface area contributed by atoms with Crippen LogP contribution in [0.4, 0.5) is 0 Å². The van der Waals surface area contributed by atoms with Crippen LogP contribution in [0.25, 0.3) is 5.69 Å². The van der Waals surface area contributed by atoms with Crippen LogP contribution in [0.3, 0.4) is 0 Å². The summed E-state index contributed by atoms with van der Waals surface area (Å²) in [4.78, 5) is 11.7. The van der Waals surface area contributed by atoms with Crippen LogP contribution in [0.15, 0.2) is 24.3 Å². The van der Waals surface area contributed by atoms with Gasteiger partial charge in [0.05, 0.1) is 11.4 Å². The summed E-state index contributed by atoms with van der Waals surface area (Å²) in [6.07, 6.45) is 1.00. The van der Waals surface area contributed by atoms with Gasteiger partial charge < -0.3 is 15.8 Å². The van der Waals surface area contributed by atoms with Gasteiger partial charge in [0.15, 0.2) is 0 Å². The van der Waals surface area contributed by atoms with Gasteiger partial charge in [0.2, 0.25) is 0 Å². The minimum Gasteiger partial charge on any atom is -0.488 e. The second-order valence-electron chi connectivity index (χ2n) is 5.44. The Bertz CT molecular complexity index is 687. The normalized spacial score (nSPS) is 14.6. The number of primary amides is 1. The fourth-order valence-corrected chi connectivity index (χ4v) is 2.56. The summed E-state index contributed by atoms with van der Waals surface area (Å²) < 4.78 is 7.40. The Hall–Kier alpha value is -2.34. The van der Waals surface area contributed by atoms with Crippen molar-refractivity contribution in [3.05, 3.63) is 41.2 Å². The molecule has 2 aromatic rings. The zero-order valence-electron chi connectivity index (χ0n) is 12.8. The monoisotopic (exact) mass is 300 g/mol. The number of carbonyl (C=O) groups excluding carboxylic acids is 1. The summed E-state index contributed by atoms with van der Waals surface area (Å²) >= 11 is 0. The highest BCUT2D eigenvalue weighted by Gasteiger charge is 2.20. The lowest BCUT2D eigenvalue weighted by molar-refractivity contribution is 0.0992. The van der Waals surface area contributed by atoms with Crippen LogP contribution in [0.1, 0.15) is 28.7 Å². The highest BCUT2D eigenvalue weighted by Crippen LogP contribution is 2.21. The van der Waals surface area contributed by atoms with E-state index < -0.39 is 5.91 Å². The summed E-state index contributed by atoms with van der Waals surface area (Å²) in [5.74, 6) is 0.348. The number of nitrogens with one attached hydrogen (secondary N) is 1. The van der Waals surface area contributed by atoms with Gasteiger partial charge in [0, 0.05) is 18.7 Å². The highest BCUT2D eigenvalue weighted by molar-refractivity contribution is 5.93. The van der Waals surface area contributed by atoms with E-state index in [1.807, 2.05) is 38.1 Å². The molecular weight excluding hydrogens is 280 g/mol. The molecule has 0 bridgehead atoms. The van der Waals surface area contributed by atoms with Crippen molar-refractivity contribution in [2.45, 2.75) is 26.4 Å². The van der Waals surface area contributed by atoms with Crippen LogP contribution < -0.4 is 15.8 Å². The maximum absolute atomic E-state index is 11.7. The average molecular weight is 300 g/mol. The molecule has 1 aliphatic heterocycles. The third-order valence-electron chi connectivity index (χ3n) is 3.92. The lowest BCUT2D eigenvalue weighted by Gasteiger charge is -2.27. The minimum absolute atomic E-state index is 0.241. The van der Waals surface area contributed by atoms with Crippen LogP contribution in [-0.4, -0.2) is 34.9 Å². The number of aryl methyl sites for hydroxylation is 1. The lowest BCUT2D eigenvalue weighted by Crippen LogP contribution is -2.50. The molecule has 1 amide bonds. The number of rotatable bonds is 5. The van der Waals surface area contributed by atoms with Gasteiger partial charge in [-0.2, -0.15) is 5.10 Å². The molecule has 1 aromatic heterocycles. The van der Waals surface area contributed by atoms with Gasteiger partial charge >= 0.3 is 0 Å². The molecule has 6 nitrogen and oxygen atoms in total. The molecular formula is C16H20N4O2. The summed E-state index contributed by atoms with van der Waals surface area (Å²) in [7, 11) is 0. The van der Waals surface area contributed by atoms with Crippen molar-refractivity contribution in [2.75, 3.05) is 13.1 Å². The summed E-state index contributed by atoms with van der Waals surface area (Å²) in [6, 6.07) is 7.56. The number of ether oxygens (including phenoxy) is 1. The van der Waals surface area contributed by atoms with E-state index in [0.29, 0.717) is 5.69 Å². The molecule has 1 fully saturated rings. The molecule has 1 aromatic carbocycles. The minimum atomic E-state index is -0.467. The molecule has 6 heteroatoms. The van der Waals surface area contributed by atoms with E-state index in [4.69, 9.17) is 10.5 Å². The molecule has 0 radical (unpaired) electrons. The first-order chi connectivity index (χ1) is 10.6. The summed E-state index contributed by atoms with van der Waals surface area (Å²) in [5.41, 5.74) is 8.48. The Morgan fingerprint density at radius 1 is 1.41 bits per heavy atom. The van der Waals surface area contributed by atoms with Crippen molar-refractivity contribution in [1.29, 1.82) is 0 Å². The lowest BCUT2D eigenvalue weighted by atomic mass is 10.1. The van der Waals surface area contributed by atoms with E-state index in [1.165, 1.54) is 0 Å². The topological polar surface area (TPSA) is 82.2 Å². The summed E-state index contributed by atoms with van der Waals surface area (Å²) in [5, 5.41) is 7.67. The molecule has 0 atom stereocenters. The van der Waals surface area contributed by atoms with Crippen LogP contribution >= 0.6 is 0 Å². The molecule has 1 saturated heterocycles. The van der Waals surface area contributed by atoms with Crippen LogP contribution in [-0.2, 0) is 6.42 Å². The zero-order chi connectivity index (χ0) is 15.7. The second-order valence-corrected chi connectivity index (χ2v) is 5.44. The first-order valence-corrected chi connectivity index (χ1v) is 7.46. The smallest absolute Gasteiger partial charge is 0.267 e. The second kappa shape index (κ2) is 5.81. The third kappa shape index (κ3) is 2.57. The molecule has 0 unspecified atom stereocenters. The quantitative estimate of drug-likeness (QED) is 0.869. The fraction of sp³-hybridized carbons (Fsp3) is 0.375. The summed E-state index contributed by atoms with van der Waals surface area (Å²) in [6.45, 7) is 5.65. The van der Waals surface area contributed by atoms with Crippen molar-refractivity contribution >= 4 is 5.91 Å². The van der Waals surface area contributed by atoms with Gasteiger partial charge in [-0.3, -0.25) is 4.79 Å². The standard InChI is InChI=1S/C16H20N4O2/c1-3-14-10(2)15(16(17)21)20(19-14)11-4-6-12(7-5-11)22-13-8-18-9-13/h4-7,13,18H,3,8-9H2,1-2H3,(H2,17,21). The number of nitrogens with zero attached hydrogens (tertiary/aromatic N) is 2. The first-order valence-electron chi connectivity index (χ1n) is 7.46. The predicted molar refractivity (Wildman–Crippen MR) is 83.5 cm³/mol. The third-order valence-corrected chi connectivity index (χ3v) is 3.92. The van der Waals surface area contributed by atoms with E-state index >= 15 is 0 Å². The molecule has 1 aliphatic rings. The number of benzene rings is 1. The predicted octanol–water partition coefficient (Wildman–Crippen LogP) is 1.19. The van der Waals surface area contributed by atoms with E-state index in [9.17, 15) is 4.79 Å².